The number of urea groups is 1. The van der Waals surface area contributed by atoms with Crippen molar-refractivity contribution in [1.82, 2.24) is 29.7 Å². The third-order valence-corrected chi connectivity index (χ3v) is 9.05. The van der Waals surface area contributed by atoms with E-state index in [-0.39, 0.29) is 36.1 Å². The van der Waals surface area contributed by atoms with Gasteiger partial charge in [0.2, 0.25) is 0 Å². The molecular weight excluding hydrogens is 598 g/mol. The number of fused-ring (bicyclic) bond motifs is 2. The molecule has 2 aromatic carbocycles. The van der Waals surface area contributed by atoms with Crippen LogP contribution < -0.4 is 15.4 Å². The van der Waals surface area contributed by atoms with Gasteiger partial charge < -0.3 is 15.2 Å². The van der Waals surface area contributed by atoms with Crippen molar-refractivity contribution in [3.63, 3.8) is 0 Å². The molecule has 0 aliphatic heterocycles. The third kappa shape index (κ3) is 6.75. The van der Waals surface area contributed by atoms with E-state index < -0.39 is 0 Å². The molecule has 6 rings (SSSR count). The number of hydrogen-bond acceptors (Lipinski definition) is 7. The molecule has 240 valence electrons. The summed E-state index contributed by atoms with van der Waals surface area (Å²) in [7, 11) is 0. The van der Waals surface area contributed by atoms with E-state index >= 15 is 0 Å². The molecule has 0 unspecified atom stereocenters. The minimum absolute atomic E-state index is 0.104. The minimum Gasteiger partial charge on any atom is -0.484 e. The number of benzene rings is 2. The van der Waals surface area contributed by atoms with Crippen LogP contribution in [0.15, 0.2) is 77.8 Å². The maximum absolute atomic E-state index is 13.6. The van der Waals surface area contributed by atoms with Crippen molar-refractivity contribution >= 4 is 29.3 Å². The standard InChI is InChI=1S/C35H41N7O3S/c1-22(2)33-39-38-31-16-13-24(21-41(31)33)45-29-15-14-28(26-11-6-7-12-27(26)29)36-34(44)37-32-20-30(35(3,4)5)40-42(32)23-9-8-10-25(19-23)46-18-17-43/h6-13,16,19-22,28-29,43H,14-15,17-18H2,1-5H3,(H2,36,37,44)/t28-,29+/m0/s1. The summed E-state index contributed by atoms with van der Waals surface area (Å²) in [5, 5.41) is 29.1. The fourth-order valence-corrected chi connectivity index (χ4v) is 6.46. The third-order valence-electron chi connectivity index (χ3n) is 8.08. The van der Waals surface area contributed by atoms with Gasteiger partial charge in [0.1, 0.15) is 23.5 Å². The van der Waals surface area contributed by atoms with Gasteiger partial charge in [-0.15, -0.1) is 22.0 Å². The summed E-state index contributed by atoms with van der Waals surface area (Å²) in [5.41, 5.74) is 4.38. The number of aliphatic hydroxyl groups excluding tert-OH is 1. The predicted molar refractivity (Wildman–Crippen MR) is 181 cm³/mol. The molecule has 3 aromatic heterocycles. The van der Waals surface area contributed by atoms with Crippen LogP contribution in [-0.4, -0.2) is 47.9 Å². The zero-order valence-electron chi connectivity index (χ0n) is 26.9. The van der Waals surface area contributed by atoms with Crippen molar-refractivity contribution in [3.05, 3.63) is 95.6 Å². The van der Waals surface area contributed by atoms with Crippen LogP contribution in [0.1, 0.15) is 88.2 Å². The number of nitrogens with zero attached hydrogens (tertiary/aromatic N) is 5. The first-order valence-corrected chi connectivity index (χ1v) is 16.7. The van der Waals surface area contributed by atoms with E-state index in [1.807, 2.05) is 65.2 Å². The number of ether oxygens (including phenoxy) is 1. The van der Waals surface area contributed by atoms with Gasteiger partial charge in [-0.2, -0.15) is 5.10 Å². The molecular formula is C35H41N7O3S. The summed E-state index contributed by atoms with van der Waals surface area (Å²) in [5.74, 6) is 3.07. The van der Waals surface area contributed by atoms with Crippen molar-refractivity contribution in [2.45, 2.75) is 75.8 Å². The van der Waals surface area contributed by atoms with Crippen LogP contribution in [0.2, 0.25) is 0 Å². The number of carbonyl (C=O) groups is 1. The fourth-order valence-electron chi connectivity index (χ4n) is 5.75. The predicted octanol–water partition coefficient (Wildman–Crippen LogP) is 7.20. The maximum Gasteiger partial charge on any atom is 0.320 e. The molecule has 1 aliphatic rings. The number of rotatable bonds is 9. The van der Waals surface area contributed by atoms with Crippen LogP contribution in [0.4, 0.5) is 10.6 Å². The van der Waals surface area contributed by atoms with Gasteiger partial charge in [-0.1, -0.05) is 65.0 Å². The van der Waals surface area contributed by atoms with Crippen molar-refractivity contribution in [2.75, 3.05) is 17.7 Å². The summed E-state index contributed by atoms with van der Waals surface area (Å²) < 4.78 is 10.3. The summed E-state index contributed by atoms with van der Waals surface area (Å²) in [6, 6.07) is 21.4. The lowest BCUT2D eigenvalue weighted by molar-refractivity contribution is 0.171. The molecule has 1 aliphatic carbocycles. The van der Waals surface area contributed by atoms with E-state index in [0.717, 1.165) is 57.5 Å². The topological polar surface area (TPSA) is 119 Å². The maximum atomic E-state index is 13.6. The van der Waals surface area contributed by atoms with E-state index in [0.29, 0.717) is 11.6 Å². The Balaban J connectivity index is 1.21. The van der Waals surface area contributed by atoms with Gasteiger partial charge in [0.25, 0.3) is 0 Å². The molecule has 0 radical (unpaired) electrons. The zero-order valence-corrected chi connectivity index (χ0v) is 27.7. The molecule has 46 heavy (non-hydrogen) atoms. The SMILES string of the molecule is CC(C)c1nnc2ccc(O[C@@H]3CC[C@H](NC(=O)Nc4cc(C(C)(C)C)nn4-c4cccc(SCCO)c4)c4ccccc43)cn12. The van der Waals surface area contributed by atoms with Gasteiger partial charge in [0.15, 0.2) is 5.65 Å². The molecule has 3 heterocycles. The lowest BCUT2D eigenvalue weighted by Crippen LogP contribution is -2.36. The number of aromatic nitrogens is 5. The second kappa shape index (κ2) is 13.2. The Kier molecular flexibility index (Phi) is 9.06. The lowest BCUT2D eigenvalue weighted by Gasteiger charge is -2.32. The Morgan fingerprint density at radius 2 is 1.85 bits per heavy atom. The largest absolute Gasteiger partial charge is 0.484 e. The van der Waals surface area contributed by atoms with Crippen LogP contribution in [0.3, 0.4) is 0 Å². The quantitative estimate of drug-likeness (QED) is 0.146. The molecule has 0 saturated carbocycles. The number of nitrogens with one attached hydrogen (secondary N) is 2. The van der Waals surface area contributed by atoms with Crippen molar-refractivity contribution in [1.29, 1.82) is 0 Å². The van der Waals surface area contributed by atoms with E-state index in [1.165, 1.54) is 0 Å². The van der Waals surface area contributed by atoms with Gasteiger partial charge in [0.05, 0.1) is 30.2 Å². The van der Waals surface area contributed by atoms with E-state index in [1.54, 1.807) is 16.4 Å². The molecule has 10 nitrogen and oxygen atoms in total. The van der Waals surface area contributed by atoms with Gasteiger partial charge in [0, 0.05) is 28.0 Å². The van der Waals surface area contributed by atoms with Crippen LogP contribution in [0.25, 0.3) is 11.3 Å². The molecule has 0 bridgehead atoms. The lowest BCUT2D eigenvalue weighted by atomic mass is 9.85. The van der Waals surface area contributed by atoms with Crippen LogP contribution in [-0.2, 0) is 5.41 Å². The van der Waals surface area contributed by atoms with Crippen molar-refractivity contribution in [3.8, 4) is 11.4 Å². The number of carbonyl (C=O) groups excluding carboxylic acids is 1. The van der Waals surface area contributed by atoms with E-state index in [9.17, 15) is 9.90 Å². The summed E-state index contributed by atoms with van der Waals surface area (Å²) >= 11 is 1.57. The Morgan fingerprint density at radius 3 is 2.61 bits per heavy atom. The number of pyridine rings is 1. The normalized spacial score (nSPS) is 16.4. The highest BCUT2D eigenvalue weighted by molar-refractivity contribution is 7.99. The smallest absolute Gasteiger partial charge is 0.320 e. The highest BCUT2D eigenvalue weighted by atomic mass is 32.2. The average molecular weight is 640 g/mol. The second-order valence-electron chi connectivity index (χ2n) is 12.9. The molecule has 2 atom stereocenters. The number of amides is 2. The first-order chi connectivity index (χ1) is 22.1. The van der Waals surface area contributed by atoms with Gasteiger partial charge in [-0.25, -0.2) is 9.48 Å². The van der Waals surface area contributed by atoms with Crippen molar-refractivity contribution in [2.24, 2.45) is 0 Å². The number of thioether (sulfide) groups is 1. The van der Waals surface area contributed by atoms with Gasteiger partial charge in [-0.05, 0) is 54.3 Å². The first kappa shape index (κ1) is 31.6. The van der Waals surface area contributed by atoms with Crippen LogP contribution >= 0.6 is 11.8 Å². The van der Waals surface area contributed by atoms with Gasteiger partial charge >= 0.3 is 6.03 Å². The zero-order chi connectivity index (χ0) is 32.4. The van der Waals surface area contributed by atoms with Gasteiger partial charge in [-0.3, -0.25) is 9.72 Å². The van der Waals surface area contributed by atoms with Crippen LogP contribution in [0.5, 0.6) is 5.75 Å². The Bertz CT molecular complexity index is 1840. The minimum atomic E-state index is -0.300. The highest BCUT2D eigenvalue weighted by Gasteiger charge is 2.30. The van der Waals surface area contributed by atoms with E-state index in [2.05, 4.69) is 67.6 Å². The fraction of sp³-hybridized carbons (Fsp3) is 0.371. The Hall–Kier alpha value is -4.35. The number of hydrogen-bond donors (Lipinski definition) is 3. The molecule has 11 heteroatoms. The van der Waals surface area contributed by atoms with E-state index in [4.69, 9.17) is 9.84 Å². The number of anilines is 1. The Labute approximate surface area is 273 Å². The molecule has 5 aromatic rings. The molecule has 3 N–H and O–H groups in total. The Morgan fingerprint density at radius 1 is 1.04 bits per heavy atom. The number of aliphatic hydroxyl groups is 1. The van der Waals surface area contributed by atoms with Crippen molar-refractivity contribution < 1.29 is 14.6 Å². The summed E-state index contributed by atoms with van der Waals surface area (Å²) in [6.07, 6.45) is 3.27. The van der Waals surface area contributed by atoms with Crippen LogP contribution in [0, 0.1) is 0 Å². The average Bonchev–Trinajstić information content (AvgIpc) is 3.66. The summed E-state index contributed by atoms with van der Waals surface area (Å²) in [4.78, 5) is 14.6. The first-order valence-electron chi connectivity index (χ1n) is 15.7. The summed E-state index contributed by atoms with van der Waals surface area (Å²) in [6.45, 7) is 10.6. The molecule has 2 amide bonds. The molecule has 0 spiro atoms. The molecule has 0 saturated heterocycles. The monoisotopic (exact) mass is 639 g/mol. The highest BCUT2D eigenvalue weighted by Crippen LogP contribution is 2.39. The second-order valence-corrected chi connectivity index (χ2v) is 14.1. The molecule has 0 fully saturated rings.